The Labute approximate surface area is 49.0 Å². The molecule has 47 valence electrons. The van der Waals surface area contributed by atoms with Crippen LogP contribution in [0.4, 0.5) is 0 Å². The highest BCUT2D eigenvalue weighted by Gasteiger charge is 1.95. The van der Waals surface area contributed by atoms with Gasteiger partial charge in [0.05, 0.1) is 0 Å². The van der Waals surface area contributed by atoms with E-state index in [-0.39, 0.29) is 12.3 Å². The number of hydrogen-bond acceptors (Lipinski definition) is 2. The van der Waals surface area contributed by atoms with Gasteiger partial charge in [-0.3, -0.25) is 10.5 Å². The van der Waals surface area contributed by atoms with Gasteiger partial charge in [0.15, 0.2) is 0 Å². The zero-order valence-corrected chi connectivity index (χ0v) is 4.81. The quantitative estimate of drug-likeness (QED) is 0.540. The lowest BCUT2D eigenvalue weighted by molar-refractivity contribution is -0.118. The summed E-state index contributed by atoms with van der Waals surface area (Å²) in [5, 5.41) is 0. The van der Waals surface area contributed by atoms with E-state index < -0.39 is 0 Å². The van der Waals surface area contributed by atoms with Crippen LogP contribution in [0.25, 0.3) is 0 Å². The van der Waals surface area contributed by atoms with E-state index in [1.54, 1.807) is 0 Å². The summed E-state index contributed by atoms with van der Waals surface area (Å²) in [6, 6.07) is 0. The van der Waals surface area contributed by atoms with E-state index in [4.69, 9.17) is 11.5 Å². The maximum Gasteiger partial charge on any atom is 0.135 e. The number of carbonyl (C=O) groups excluding carboxylic acids is 1. The Morgan fingerprint density at radius 2 is 2.12 bits per heavy atom. The van der Waals surface area contributed by atoms with Crippen LogP contribution in [0.3, 0.4) is 0 Å². The summed E-state index contributed by atoms with van der Waals surface area (Å²) in [6.07, 6.45) is 0.788. The zero-order chi connectivity index (χ0) is 6.41. The lowest BCUT2D eigenvalue weighted by Crippen LogP contribution is -2.09. The second kappa shape index (κ2) is 4.74. The zero-order valence-electron chi connectivity index (χ0n) is 4.81. The third kappa shape index (κ3) is 3.77. The van der Waals surface area contributed by atoms with Crippen molar-refractivity contribution in [2.24, 2.45) is 5.73 Å². The van der Waals surface area contributed by atoms with Crippen LogP contribution in [-0.2, 0) is 4.79 Å². The molecule has 0 heterocycles. The number of nitrogens with one attached hydrogen (secondary N) is 1. The Bertz CT molecular complexity index is 64.8. The molecule has 0 aromatic rings. The van der Waals surface area contributed by atoms with Gasteiger partial charge in [0.1, 0.15) is 5.78 Å². The summed E-state index contributed by atoms with van der Waals surface area (Å²) in [7, 11) is 0. The Hall–Kier alpha value is -0.410. The molecule has 0 rings (SSSR count). The van der Waals surface area contributed by atoms with Crippen LogP contribution in [0.15, 0.2) is 0 Å². The second-order valence-electron chi connectivity index (χ2n) is 1.58. The van der Waals surface area contributed by atoms with Crippen LogP contribution in [0, 0.1) is 0 Å². The van der Waals surface area contributed by atoms with Gasteiger partial charge in [-0.05, 0) is 6.54 Å². The first-order valence-corrected chi connectivity index (χ1v) is 2.67. The molecule has 3 heteroatoms. The van der Waals surface area contributed by atoms with Crippen LogP contribution in [0.2, 0.25) is 0 Å². The van der Waals surface area contributed by atoms with Crippen LogP contribution < -0.4 is 11.5 Å². The van der Waals surface area contributed by atoms with Gasteiger partial charge in [-0.25, -0.2) is 0 Å². The van der Waals surface area contributed by atoms with Gasteiger partial charge in [0.25, 0.3) is 0 Å². The summed E-state index contributed by atoms with van der Waals surface area (Å²) in [5.74, 6) is 0.0995. The molecule has 3 N–H and O–H groups in total. The first kappa shape index (κ1) is 7.59. The molecule has 0 atom stereocenters. The fourth-order valence-corrected chi connectivity index (χ4v) is 0.425. The highest BCUT2D eigenvalue weighted by molar-refractivity contribution is 5.78. The predicted molar refractivity (Wildman–Crippen MR) is 31.3 cm³/mol. The summed E-state index contributed by atoms with van der Waals surface area (Å²) in [6.45, 7) is 0.609. The smallest absolute Gasteiger partial charge is 0.135 e. The van der Waals surface area contributed by atoms with Gasteiger partial charge in [0.2, 0.25) is 0 Å². The molecule has 0 spiro atoms. The van der Waals surface area contributed by atoms with Gasteiger partial charge < -0.3 is 5.73 Å². The molecule has 1 radical (unpaired) electrons. The molecule has 0 aliphatic heterocycles. The minimum Gasteiger partial charge on any atom is -0.330 e. The fraction of sp³-hybridized carbons (Fsp3) is 0.800. The summed E-state index contributed by atoms with van der Waals surface area (Å²) in [4.78, 5) is 10.4. The normalized spacial score (nSPS) is 9.25. The van der Waals surface area contributed by atoms with Crippen molar-refractivity contribution in [2.45, 2.75) is 12.8 Å². The standard InChI is InChI=1S/C5H11N2O/c6-3-1-5(8)2-4-7/h6H,1-4,7H2. The van der Waals surface area contributed by atoms with Crippen molar-refractivity contribution in [1.29, 1.82) is 0 Å². The number of ketones is 1. The van der Waals surface area contributed by atoms with Crippen molar-refractivity contribution in [3.8, 4) is 0 Å². The van der Waals surface area contributed by atoms with Crippen LogP contribution in [0.1, 0.15) is 12.8 Å². The average molecular weight is 115 g/mol. The van der Waals surface area contributed by atoms with E-state index in [1.165, 1.54) is 0 Å². The van der Waals surface area contributed by atoms with E-state index in [0.29, 0.717) is 19.4 Å². The lowest BCUT2D eigenvalue weighted by atomic mass is 10.2. The third-order valence-corrected chi connectivity index (χ3v) is 0.827. The monoisotopic (exact) mass is 115 g/mol. The lowest BCUT2D eigenvalue weighted by Gasteiger charge is -1.91. The maximum atomic E-state index is 10.4. The molecule has 0 saturated carbocycles. The van der Waals surface area contributed by atoms with Gasteiger partial charge in [-0.2, -0.15) is 0 Å². The molecule has 0 aromatic heterocycles. The second-order valence-corrected chi connectivity index (χ2v) is 1.58. The minimum absolute atomic E-state index is 0.0995. The maximum absolute atomic E-state index is 10.4. The highest BCUT2D eigenvalue weighted by atomic mass is 16.1. The molecular weight excluding hydrogens is 104 g/mol. The van der Waals surface area contributed by atoms with Crippen molar-refractivity contribution >= 4 is 5.78 Å². The number of carbonyl (C=O) groups is 1. The van der Waals surface area contributed by atoms with Crippen molar-refractivity contribution in [2.75, 3.05) is 13.1 Å². The van der Waals surface area contributed by atoms with Crippen molar-refractivity contribution in [3.63, 3.8) is 0 Å². The molecule has 0 unspecified atom stereocenters. The number of hydrogen-bond donors (Lipinski definition) is 1. The van der Waals surface area contributed by atoms with E-state index in [9.17, 15) is 4.79 Å². The molecule has 0 aliphatic carbocycles. The van der Waals surface area contributed by atoms with Crippen molar-refractivity contribution < 1.29 is 4.79 Å². The minimum atomic E-state index is 0.0995. The van der Waals surface area contributed by atoms with Crippen molar-refractivity contribution in [1.82, 2.24) is 5.73 Å². The third-order valence-electron chi connectivity index (χ3n) is 0.827. The van der Waals surface area contributed by atoms with E-state index in [2.05, 4.69) is 0 Å². The van der Waals surface area contributed by atoms with Gasteiger partial charge in [-0.1, -0.05) is 0 Å². The summed E-state index contributed by atoms with van der Waals surface area (Å²) < 4.78 is 0. The largest absolute Gasteiger partial charge is 0.330 e. The Balaban J connectivity index is 3.06. The molecule has 0 bridgehead atoms. The topological polar surface area (TPSA) is 66.9 Å². The molecule has 8 heavy (non-hydrogen) atoms. The predicted octanol–water partition coefficient (Wildman–Crippen LogP) is -0.423. The van der Waals surface area contributed by atoms with E-state index in [1.807, 2.05) is 0 Å². The molecule has 0 saturated heterocycles. The Kier molecular flexibility index (Phi) is 4.50. The van der Waals surface area contributed by atoms with Gasteiger partial charge in [0, 0.05) is 19.4 Å². The average Bonchev–Trinajstić information content (AvgIpc) is 1.68. The Morgan fingerprint density at radius 1 is 1.50 bits per heavy atom. The molecular formula is C5H11N2O. The number of Topliss-reactive ketones (excluding diaryl/α,β-unsaturated/α-hetero) is 1. The molecule has 0 amide bonds. The summed E-state index contributed by atoms with van der Waals surface area (Å²) >= 11 is 0. The fourth-order valence-electron chi connectivity index (χ4n) is 0.425. The van der Waals surface area contributed by atoms with E-state index >= 15 is 0 Å². The molecule has 3 nitrogen and oxygen atoms in total. The van der Waals surface area contributed by atoms with Crippen molar-refractivity contribution in [3.05, 3.63) is 0 Å². The first-order chi connectivity index (χ1) is 3.81. The molecule has 0 aromatic carbocycles. The summed E-state index contributed by atoms with van der Waals surface area (Å²) in [5.41, 5.74) is 11.7. The number of nitrogens with two attached hydrogens (primary N) is 1. The van der Waals surface area contributed by atoms with Crippen LogP contribution in [-0.4, -0.2) is 18.9 Å². The Morgan fingerprint density at radius 3 is 2.50 bits per heavy atom. The first-order valence-electron chi connectivity index (χ1n) is 2.67. The number of rotatable bonds is 4. The van der Waals surface area contributed by atoms with E-state index in [0.717, 1.165) is 0 Å². The van der Waals surface area contributed by atoms with Gasteiger partial charge in [-0.15, -0.1) is 0 Å². The highest BCUT2D eigenvalue weighted by Crippen LogP contribution is 1.83. The molecule has 0 fully saturated rings. The molecule has 0 aliphatic rings. The van der Waals surface area contributed by atoms with Gasteiger partial charge >= 0.3 is 0 Å². The van der Waals surface area contributed by atoms with Crippen LogP contribution in [0.5, 0.6) is 0 Å². The van der Waals surface area contributed by atoms with Crippen LogP contribution >= 0.6 is 0 Å². The SMILES string of the molecule is [NH]CCC(=O)CCN.